The van der Waals surface area contributed by atoms with Crippen molar-refractivity contribution < 1.29 is 18.8 Å². The number of benzene rings is 1. The van der Waals surface area contributed by atoms with Crippen LogP contribution >= 0.6 is 23.1 Å². The van der Waals surface area contributed by atoms with Gasteiger partial charge in [-0.1, -0.05) is 24.3 Å². The SMILES string of the molecule is O=C(CCCc1cccs1)NCCN1C(=O)SC(=Cc2ccccc2F)C1=O. The number of thioether (sulfide) groups is 1. The number of halogens is 1. The third-order valence-corrected chi connectivity index (χ3v) is 5.97. The van der Waals surface area contributed by atoms with Crippen molar-refractivity contribution in [1.29, 1.82) is 0 Å². The van der Waals surface area contributed by atoms with Crippen LogP contribution in [0.4, 0.5) is 9.18 Å². The van der Waals surface area contributed by atoms with Crippen molar-refractivity contribution in [2.24, 2.45) is 0 Å². The molecule has 0 unspecified atom stereocenters. The molecule has 1 N–H and O–H groups in total. The summed E-state index contributed by atoms with van der Waals surface area (Å²) in [6.45, 7) is 0.290. The van der Waals surface area contributed by atoms with Gasteiger partial charge in [-0.25, -0.2) is 4.39 Å². The lowest BCUT2D eigenvalue weighted by Crippen LogP contribution is -2.37. The molecule has 0 aliphatic carbocycles. The van der Waals surface area contributed by atoms with Crippen LogP contribution in [0.5, 0.6) is 0 Å². The summed E-state index contributed by atoms with van der Waals surface area (Å²) in [5, 5.41) is 4.32. The molecule has 0 bridgehead atoms. The van der Waals surface area contributed by atoms with Crippen molar-refractivity contribution in [1.82, 2.24) is 10.2 Å². The number of thiophene rings is 1. The van der Waals surface area contributed by atoms with E-state index in [9.17, 15) is 18.8 Å². The van der Waals surface area contributed by atoms with E-state index in [1.165, 1.54) is 17.0 Å². The van der Waals surface area contributed by atoms with Gasteiger partial charge in [0.15, 0.2) is 0 Å². The molecule has 3 amide bonds. The van der Waals surface area contributed by atoms with Crippen molar-refractivity contribution >= 4 is 46.2 Å². The van der Waals surface area contributed by atoms with Crippen LogP contribution in [0.2, 0.25) is 0 Å². The predicted molar refractivity (Wildman–Crippen MR) is 109 cm³/mol. The number of carbonyl (C=O) groups excluding carboxylic acids is 3. The van der Waals surface area contributed by atoms with Crippen LogP contribution in [0.3, 0.4) is 0 Å². The van der Waals surface area contributed by atoms with Crippen LogP contribution < -0.4 is 5.32 Å². The molecule has 1 aromatic heterocycles. The van der Waals surface area contributed by atoms with Gasteiger partial charge in [0.2, 0.25) is 5.91 Å². The van der Waals surface area contributed by atoms with Crippen molar-refractivity contribution in [3.05, 3.63) is 62.9 Å². The molecule has 1 aromatic carbocycles. The minimum atomic E-state index is -0.467. The van der Waals surface area contributed by atoms with Crippen LogP contribution in [0.15, 0.2) is 46.7 Å². The van der Waals surface area contributed by atoms with Crippen molar-refractivity contribution in [3.63, 3.8) is 0 Å². The quantitative estimate of drug-likeness (QED) is 0.657. The highest BCUT2D eigenvalue weighted by atomic mass is 32.2. The van der Waals surface area contributed by atoms with Crippen LogP contribution in [-0.4, -0.2) is 35.0 Å². The Hall–Kier alpha value is -2.45. The van der Waals surface area contributed by atoms with Gasteiger partial charge in [-0.3, -0.25) is 19.3 Å². The minimum absolute atomic E-state index is 0.0932. The number of hydrogen-bond acceptors (Lipinski definition) is 5. The van der Waals surface area contributed by atoms with E-state index < -0.39 is 17.0 Å². The highest BCUT2D eigenvalue weighted by Gasteiger charge is 2.34. The standard InChI is InChI=1S/C20H19FN2O3S2/c21-16-8-2-1-5-14(16)13-17-19(25)23(20(26)28-17)11-10-22-18(24)9-3-6-15-7-4-12-27-15/h1-2,4-5,7-8,12-13H,3,6,9-11H2,(H,22,24). The van der Waals surface area contributed by atoms with Gasteiger partial charge in [0.25, 0.3) is 11.1 Å². The molecule has 0 radical (unpaired) electrons. The summed E-state index contributed by atoms with van der Waals surface area (Å²) < 4.78 is 13.7. The summed E-state index contributed by atoms with van der Waals surface area (Å²) in [5.74, 6) is -1.03. The van der Waals surface area contributed by atoms with Gasteiger partial charge < -0.3 is 5.32 Å². The van der Waals surface area contributed by atoms with E-state index in [2.05, 4.69) is 5.32 Å². The summed E-state index contributed by atoms with van der Waals surface area (Å²) in [7, 11) is 0. The van der Waals surface area contributed by atoms with Gasteiger partial charge in [0.05, 0.1) is 4.91 Å². The molecule has 1 aliphatic heterocycles. The van der Waals surface area contributed by atoms with Gasteiger partial charge in [-0.15, -0.1) is 11.3 Å². The van der Waals surface area contributed by atoms with Crippen LogP contribution in [0.25, 0.3) is 6.08 Å². The van der Waals surface area contributed by atoms with Crippen LogP contribution in [0, 0.1) is 5.82 Å². The number of aryl methyl sites for hydroxylation is 1. The molecule has 2 aromatic rings. The van der Waals surface area contributed by atoms with Crippen molar-refractivity contribution in [3.8, 4) is 0 Å². The maximum atomic E-state index is 13.7. The van der Waals surface area contributed by atoms with E-state index in [1.54, 1.807) is 29.5 Å². The first-order valence-corrected chi connectivity index (χ1v) is 10.5. The highest BCUT2D eigenvalue weighted by Crippen LogP contribution is 2.32. The molecule has 0 saturated carbocycles. The van der Waals surface area contributed by atoms with E-state index >= 15 is 0 Å². The molecule has 3 rings (SSSR count). The van der Waals surface area contributed by atoms with Crippen LogP contribution in [0.1, 0.15) is 23.3 Å². The van der Waals surface area contributed by atoms with Gasteiger partial charge in [-0.05, 0) is 48.2 Å². The summed E-state index contributed by atoms with van der Waals surface area (Å²) in [4.78, 5) is 38.9. The second-order valence-electron chi connectivity index (χ2n) is 6.14. The van der Waals surface area contributed by atoms with Gasteiger partial charge in [0, 0.05) is 30.0 Å². The Bertz CT molecular complexity index is 897. The monoisotopic (exact) mass is 418 g/mol. The number of amides is 3. The van der Waals surface area contributed by atoms with Crippen LogP contribution in [-0.2, 0) is 16.0 Å². The van der Waals surface area contributed by atoms with Crippen molar-refractivity contribution in [2.45, 2.75) is 19.3 Å². The van der Waals surface area contributed by atoms with Crippen molar-refractivity contribution in [2.75, 3.05) is 13.1 Å². The zero-order chi connectivity index (χ0) is 19.9. The smallest absolute Gasteiger partial charge is 0.293 e. The number of carbonyl (C=O) groups is 3. The minimum Gasteiger partial charge on any atom is -0.354 e. The van der Waals surface area contributed by atoms with E-state index in [-0.39, 0.29) is 29.5 Å². The third kappa shape index (κ3) is 5.30. The van der Waals surface area contributed by atoms with E-state index in [1.807, 2.05) is 17.5 Å². The lowest BCUT2D eigenvalue weighted by atomic mass is 10.2. The highest BCUT2D eigenvalue weighted by molar-refractivity contribution is 8.18. The Morgan fingerprint density at radius 3 is 2.75 bits per heavy atom. The maximum Gasteiger partial charge on any atom is 0.293 e. The number of hydrogen-bond donors (Lipinski definition) is 1. The summed E-state index contributed by atoms with van der Waals surface area (Å²) in [6.07, 6.45) is 3.38. The average Bonchev–Trinajstić information content (AvgIpc) is 3.27. The zero-order valence-corrected chi connectivity index (χ0v) is 16.7. The average molecular weight is 419 g/mol. The fourth-order valence-corrected chi connectivity index (χ4v) is 4.31. The first-order chi connectivity index (χ1) is 13.5. The Morgan fingerprint density at radius 2 is 2.00 bits per heavy atom. The molecule has 8 heteroatoms. The zero-order valence-electron chi connectivity index (χ0n) is 15.0. The summed E-state index contributed by atoms with van der Waals surface area (Å²) >= 11 is 2.44. The van der Waals surface area contributed by atoms with E-state index in [4.69, 9.17) is 0 Å². The molecule has 1 aliphatic rings. The van der Waals surface area contributed by atoms with E-state index in [0.29, 0.717) is 6.42 Å². The second-order valence-corrected chi connectivity index (χ2v) is 8.16. The molecule has 146 valence electrons. The molecule has 5 nitrogen and oxygen atoms in total. The fraction of sp³-hybridized carbons (Fsp3) is 0.250. The van der Waals surface area contributed by atoms with Gasteiger partial charge in [-0.2, -0.15) is 0 Å². The fourth-order valence-electron chi connectivity index (χ4n) is 2.70. The first kappa shape index (κ1) is 20.3. The first-order valence-electron chi connectivity index (χ1n) is 8.83. The molecule has 0 spiro atoms. The second kappa shape index (κ2) is 9.66. The van der Waals surface area contributed by atoms with Gasteiger partial charge in [0.1, 0.15) is 5.82 Å². The largest absolute Gasteiger partial charge is 0.354 e. The molecule has 0 atom stereocenters. The topological polar surface area (TPSA) is 66.5 Å². The Balaban J connectivity index is 1.45. The Labute approximate surface area is 170 Å². The normalized spacial score (nSPS) is 15.5. The van der Waals surface area contributed by atoms with E-state index in [0.717, 1.165) is 29.5 Å². The number of nitrogens with zero attached hydrogens (tertiary/aromatic N) is 1. The summed E-state index contributed by atoms with van der Waals surface area (Å²) in [6, 6.07) is 10.1. The third-order valence-electron chi connectivity index (χ3n) is 4.13. The molecule has 1 fully saturated rings. The molecular weight excluding hydrogens is 399 g/mol. The Kier molecular flexibility index (Phi) is 7.00. The summed E-state index contributed by atoms with van der Waals surface area (Å²) in [5.41, 5.74) is 0.257. The predicted octanol–water partition coefficient (Wildman–Crippen LogP) is 4.06. The van der Waals surface area contributed by atoms with Gasteiger partial charge >= 0.3 is 0 Å². The molecule has 1 saturated heterocycles. The number of nitrogens with one attached hydrogen (secondary N) is 1. The Morgan fingerprint density at radius 1 is 1.18 bits per heavy atom. The number of imide groups is 1. The lowest BCUT2D eigenvalue weighted by Gasteiger charge is -2.13. The maximum absolute atomic E-state index is 13.7. The molecule has 2 heterocycles. The molecule has 28 heavy (non-hydrogen) atoms. The number of rotatable bonds is 8. The lowest BCUT2D eigenvalue weighted by molar-refractivity contribution is -0.124. The molecular formula is C20H19FN2O3S2.